The van der Waals surface area contributed by atoms with Crippen molar-refractivity contribution < 1.29 is 4.79 Å². The van der Waals surface area contributed by atoms with E-state index in [0.29, 0.717) is 17.4 Å². The lowest BCUT2D eigenvalue weighted by Gasteiger charge is -2.30. The summed E-state index contributed by atoms with van der Waals surface area (Å²) < 4.78 is 2.65. The van der Waals surface area contributed by atoms with Gasteiger partial charge in [-0.25, -0.2) is 9.48 Å². The number of pyridine rings is 1. The summed E-state index contributed by atoms with van der Waals surface area (Å²) in [6, 6.07) is 5.44. The first-order valence-corrected chi connectivity index (χ1v) is 7.89. The minimum absolute atomic E-state index is 0.0200. The van der Waals surface area contributed by atoms with E-state index in [1.54, 1.807) is 25.4 Å². The fourth-order valence-electron chi connectivity index (χ4n) is 2.80. The van der Waals surface area contributed by atoms with E-state index in [0.717, 1.165) is 25.9 Å². The molecule has 7 nitrogen and oxygen atoms in total. The van der Waals surface area contributed by atoms with Gasteiger partial charge in [0, 0.05) is 26.3 Å². The summed E-state index contributed by atoms with van der Waals surface area (Å²) in [4.78, 5) is 30.7. The first-order valence-electron chi connectivity index (χ1n) is 7.89. The van der Waals surface area contributed by atoms with Gasteiger partial charge in [0.25, 0.3) is 0 Å². The van der Waals surface area contributed by atoms with Gasteiger partial charge in [0.05, 0.1) is 0 Å². The molecule has 0 bridgehead atoms. The Bertz CT molecular complexity index is 742. The van der Waals surface area contributed by atoms with Crippen molar-refractivity contribution in [3.63, 3.8) is 0 Å². The van der Waals surface area contributed by atoms with E-state index in [2.05, 4.69) is 17.0 Å². The molecule has 0 radical (unpaired) electrons. The van der Waals surface area contributed by atoms with E-state index >= 15 is 0 Å². The number of rotatable bonds is 3. The predicted molar refractivity (Wildman–Crippen MR) is 85.7 cm³/mol. The molecular weight excluding hydrogens is 294 g/mol. The first kappa shape index (κ1) is 15.5. The minimum atomic E-state index is -0.301. The quantitative estimate of drug-likeness (QED) is 0.843. The van der Waals surface area contributed by atoms with Gasteiger partial charge in [-0.05, 0) is 30.9 Å². The zero-order chi connectivity index (χ0) is 16.4. The minimum Gasteiger partial charge on any atom is -0.341 e. The van der Waals surface area contributed by atoms with Crippen LogP contribution in [0.1, 0.15) is 19.8 Å². The monoisotopic (exact) mass is 315 g/mol. The van der Waals surface area contributed by atoms with Gasteiger partial charge in [-0.3, -0.25) is 14.3 Å². The van der Waals surface area contributed by atoms with Crippen LogP contribution >= 0.6 is 0 Å². The van der Waals surface area contributed by atoms with Gasteiger partial charge in [0.15, 0.2) is 5.82 Å². The topological polar surface area (TPSA) is 73.0 Å². The van der Waals surface area contributed by atoms with E-state index in [9.17, 15) is 9.59 Å². The van der Waals surface area contributed by atoms with E-state index in [1.807, 2.05) is 11.0 Å². The number of piperidine rings is 1. The van der Waals surface area contributed by atoms with Gasteiger partial charge in [0.1, 0.15) is 12.2 Å². The molecule has 7 heteroatoms. The third-order valence-corrected chi connectivity index (χ3v) is 4.36. The van der Waals surface area contributed by atoms with Crippen LogP contribution in [-0.4, -0.2) is 43.2 Å². The summed E-state index contributed by atoms with van der Waals surface area (Å²) in [5.41, 5.74) is 0.314. The van der Waals surface area contributed by atoms with E-state index < -0.39 is 0 Å². The van der Waals surface area contributed by atoms with Crippen LogP contribution in [0.25, 0.3) is 11.5 Å². The molecule has 0 aromatic carbocycles. The second kappa shape index (κ2) is 6.36. The Hall–Kier alpha value is -2.44. The number of hydrogen-bond donors (Lipinski definition) is 0. The van der Waals surface area contributed by atoms with Crippen LogP contribution < -0.4 is 5.69 Å². The lowest BCUT2D eigenvalue weighted by Crippen LogP contribution is -2.41. The molecule has 0 spiro atoms. The average Bonchev–Trinajstić information content (AvgIpc) is 2.85. The molecule has 0 unspecified atom stereocenters. The highest BCUT2D eigenvalue weighted by atomic mass is 16.2. The lowest BCUT2D eigenvalue weighted by molar-refractivity contribution is -0.133. The number of carbonyl (C=O) groups excluding carboxylic acids is 1. The molecule has 23 heavy (non-hydrogen) atoms. The van der Waals surface area contributed by atoms with Crippen molar-refractivity contribution in [1.82, 2.24) is 24.2 Å². The smallest absolute Gasteiger partial charge is 0.341 e. The summed E-state index contributed by atoms with van der Waals surface area (Å²) in [7, 11) is 1.64. The standard InChI is InChI=1S/C16H21N5O2/c1-12-6-9-20(10-7-12)14(22)11-21-16(23)19(2)15(18-21)13-5-3-4-8-17-13/h3-5,8,12H,6-7,9-11H2,1-2H3. The van der Waals surface area contributed by atoms with Crippen LogP contribution in [0.5, 0.6) is 0 Å². The molecule has 3 heterocycles. The Balaban J connectivity index is 1.79. The summed E-state index contributed by atoms with van der Waals surface area (Å²) >= 11 is 0. The molecule has 0 aliphatic carbocycles. The van der Waals surface area contributed by atoms with Crippen molar-refractivity contribution in [2.24, 2.45) is 13.0 Å². The molecule has 122 valence electrons. The van der Waals surface area contributed by atoms with Crippen LogP contribution in [-0.2, 0) is 18.4 Å². The third-order valence-electron chi connectivity index (χ3n) is 4.36. The van der Waals surface area contributed by atoms with Gasteiger partial charge in [-0.15, -0.1) is 5.10 Å². The molecule has 3 rings (SSSR count). The summed E-state index contributed by atoms with van der Waals surface area (Å²) in [5.74, 6) is 1.08. The molecule has 2 aromatic heterocycles. The van der Waals surface area contributed by atoms with Crippen molar-refractivity contribution in [2.45, 2.75) is 26.3 Å². The van der Waals surface area contributed by atoms with Crippen molar-refractivity contribution >= 4 is 5.91 Å². The Morgan fingerprint density at radius 3 is 2.70 bits per heavy atom. The molecule has 1 aliphatic rings. The van der Waals surface area contributed by atoms with Crippen LogP contribution in [0.3, 0.4) is 0 Å². The van der Waals surface area contributed by atoms with Gasteiger partial charge in [0.2, 0.25) is 5.91 Å². The van der Waals surface area contributed by atoms with Crippen molar-refractivity contribution in [3.8, 4) is 11.5 Å². The van der Waals surface area contributed by atoms with Crippen LogP contribution in [0.15, 0.2) is 29.2 Å². The Kier molecular flexibility index (Phi) is 4.27. The second-order valence-corrected chi connectivity index (χ2v) is 6.10. The highest BCUT2D eigenvalue weighted by Crippen LogP contribution is 2.16. The second-order valence-electron chi connectivity index (χ2n) is 6.10. The fourth-order valence-corrected chi connectivity index (χ4v) is 2.80. The maximum absolute atomic E-state index is 12.4. The highest BCUT2D eigenvalue weighted by molar-refractivity contribution is 5.76. The molecule has 0 atom stereocenters. The maximum Gasteiger partial charge on any atom is 0.346 e. The van der Waals surface area contributed by atoms with Gasteiger partial charge >= 0.3 is 5.69 Å². The van der Waals surface area contributed by atoms with Crippen molar-refractivity contribution in [2.75, 3.05) is 13.1 Å². The summed E-state index contributed by atoms with van der Waals surface area (Å²) in [6.07, 6.45) is 3.68. The molecule has 1 fully saturated rings. The van der Waals surface area contributed by atoms with E-state index in [-0.39, 0.29) is 18.1 Å². The normalized spacial score (nSPS) is 15.8. The lowest BCUT2D eigenvalue weighted by atomic mass is 9.99. The number of amides is 1. The van der Waals surface area contributed by atoms with Crippen LogP contribution in [0.2, 0.25) is 0 Å². The van der Waals surface area contributed by atoms with Crippen molar-refractivity contribution in [1.29, 1.82) is 0 Å². The molecule has 0 N–H and O–H groups in total. The van der Waals surface area contributed by atoms with Crippen LogP contribution in [0.4, 0.5) is 0 Å². The van der Waals surface area contributed by atoms with Gasteiger partial charge in [-0.2, -0.15) is 0 Å². The summed E-state index contributed by atoms with van der Waals surface area (Å²) in [6.45, 7) is 3.70. The van der Waals surface area contributed by atoms with E-state index in [1.165, 1.54) is 9.25 Å². The van der Waals surface area contributed by atoms with Crippen molar-refractivity contribution in [3.05, 3.63) is 34.9 Å². The molecule has 0 saturated carbocycles. The largest absolute Gasteiger partial charge is 0.346 e. The first-order chi connectivity index (χ1) is 11.1. The van der Waals surface area contributed by atoms with Gasteiger partial charge < -0.3 is 4.90 Å². The zero-order valence-corrected chi connectivity index (χ0v) is 13.5. The molecule has 1 aliphatic heterocycles. The number of likely N-dealkylation sites (tertiary alicyclic amines) is 1. The predicted octanol–water partition coefficient (Wildman–Crippen LogP) is 0.902. The Morgan fingerprint density at radius 2 is 2.04 bits per heavy atom. The number of hydrogen-bond acceptors (Lipinski definition) is 4. The average molecular weight is 315 g/mol. The van der Waals surface area contributed by atoms with Crippen LogP contribution in [0, 0.1) is 5.92 Å². The molecule has 1 amide bonds. The maximum atomic E-state index is 12.4. The van der Waals surface area contributed by atoms with Gasteiger partial charge in [-0.1, -0.05) is 13.0 Å². The fraction of sp³-hybridized carbons (Fsp3) is 0.500. The summed E-state index contributed by atoms with van der Waals surface area (Å²) in [5, 5.41) is 4.29. The molecule has 2 aromatic rings. The third kappa shape index (κ3) is 3.18. The molecular formula is C16H21N5O2. The number of carbonyl (C=O) groups is 1. The SMILES string of the molecule is CC1CCN(C(=O)Cn2nc(-c3ccccn3)n(C)c2=O)CC1. The Morgan fingerprint density at radius 1 is 1.30 bits per heavy atom. The zero-order valence-electron chi connectivity index (χ0n) is 13.5. The van der Waals surface area contributed by atoms with E-state index in [4.69, 9.17) is 0 Å². The molecule has 1 saturated heterocycles. The highest BCUT2D eigenvalue weighted by Gasteiger charge is 2.22. The number of nitrogens with zero attached hydrogens (tertiary/aromatic N) is 5. The number of aromatic nitrogens is 4. The Labute approximate surface area is 134 Å².